The van der Waals surface area contributed by atoms with E-state index in [4.69, 9.17) is 16.7 Å². The van der Waals surface area contributed by atoms with Crippen molar-refractivity contribution in [2.45, 2.75) is 25.9 Å². The van der Waals surface area contributed by atoms with Crippen molar-refractivity contribution in [3.63, 3.8) is 0 Å². The first-order chi connectivity index (χ1) is 9.20. The second kappa shape index (κ2) is 4.97. The van der Waals surface area contributed by atoms with E-state index >= 15 is 0 Å². The summed E-state index contributed by atoms with van der Waals surface area (Å²) in [6.07, 6.45) is -3.75. The van der Waals surface area contributed by atoms with Gasteiger partial charge in [-0.2, -0.15) is 13.2 Å². The topological polar surface area (TPSA) is 54.6 Å². The molecule has 0 aromatic carbocycles. The molecular formula is C12H10ClF3N2O2. The van der Waals surface area contributed by atoms with Crippen molar-refractivity contribution in [3.8, 4) is 0 Å². The molecule has 2 aromatic rings. The number of nitrogens with zero attached hydrogens (tertiary/aromatic N) is 2. The zero-order chi connectivity index (χ0) is 15.1. The van der Waals surface area contributed by atoms with Gasteiger partial charge in [-0.3, -0.25) is 4.79 Å². The number of imidazole rings is 1. The maximum absolute atomic E-state index is 12.8. The summed E-state index contributed by atoms with van der Waals surface area (Å²) in [4.78, 5) is 14.7. The summed E-state index contributed by atoms with van der Waals surface area (Å²) in [5, 5.41) is 8.56. The summed E-state index contributed by atoms with van der Waals surface area (Å²) < 4.78 is 39.5. The molecule has 8 heteroatoms. The van der Waals surface area contributed by atoms with Gasteiger partial charge in [0.15, 0.2) is 5.65 Å². The van der Waals surface area contributed by atoms with Crippen LogP contribution in [0.25, 0.3) is 5.65 Å². The van der Waals surface area contributed by atoms with Crippen LogP contribution in [0.5, 0.6) is 0 Å². The Kier molecular flexibility index (Phi) is 3.64. The monoisotopic (exact) mass is 306 g/mol. The zero-order valence-corrected chi connectivity index (χ0v) is 11.1. The normalized spacial score (nSPS) is 12.1. The van der Waals surface area contributed by atoms with Gasteiger partial charge >= 0.3 is 12.1 Å². The number of hydrogen-bond donors (Lipinski definition) is 1. The standard InChI is InChI=1S/C12H10ClF3N2O2/c1-6-9(2-3-10(19)20)18-5-7(12(14,15)16)4-8(13)11(18)17-6/h4-5H,2-3H2,1H3,(H,19,20). The minimum Gasteiger partial charge on any atom is -0.481 e. The summed E-state index contributed by atoms with van der Waals surface area (Å²) >= 11 is 5.82. The molecular weight excluding hydrogens is 297 g/mol. The van der Waals surface area contributed by atoms with Gasteiger partial charge in [0.05, 0.1) is 22.7 Å². The number of aryl methyl sites for hydroxylation is 2. The number of carbonyl (C=O) groups is 1. The molecule has 0 aliphatic carbocycles. The molecule has 0 saturated carbocycles. The summed E-state index contributed by atoms with van der Waals surface area (Å²) in [7, 11) is 0. The third-order valence-corrected chi connectivity index (χ3v) is 3.16. The van der Waals surface area contributed by atoms with Crippen LogP contribution in [-0.4, -0.2) is 20.5 Å². The molecule has 0 bridgehead atoms. The smallest absolute Gasteiger partial charge is 0.417 e. The lowest BCUT2D eigenvalue weighted by molar-refractivity contribution is -0.138. The van der Waals surface area contributed by atoms with E-state index in [0.29, 0.717) is 11.4 Å². The molecule has 2 rings (SSSR count). The molecule has 108 valence electrons. The number of aliphatic carboxylic acids is 1. The van der Waals surface area contributed by atoms with Crippen molar-refractivity contribution in [2.75, 3.05) is 0 Å². The lowest BCUT2D eigenvalue weighted by Gasteiger charge is -2.09. The first-order valence-corrected chi connectivity index (χ1v) is 6.04. The van der Waals surface area contributed by atoms with Crippen LogP contribution in [-0.2, 0) is 17.4 Å². The molecule has 0 saturated heterocycles. The number of halogens is 4. The molecule has 1 N–H and O–H groups in total. The van der Waals surface area contributed by atoms with Crippen LogP contribution >= 0.6 is 11.6 Å². The van der Waals surface area contributed by atoms with Crippen molar-refractivity contribution < 1.29 is 23.1 Å². The van der Waals surface area contributed by atoms with Crippen molar-refractivity contribution in [1.82, 2.24) is 9.38 Å². The molecule has 0 spiro atoms. The van der Waals surface area contributed by atoms with Crippen molar-refractivity contribution in [3.05, 3.63) is 34.2 Å². The van der Waals surface area contributed by atoms with Crippen LogP contribution in [0.2, 0.25) is 5.02 Å². The Balaban J connectivity index is 2.60. The minimum atomic E-state index is -4.53. The van der Waals surface area contributed by atoms with E-state index in [2.05, 4.69) is 4.98 Å². The maximum Gasteiger partial charge on any atom is 0.417 e. The Morgan fingerprint density at radius 3 is 2.70 bits per heavy atom. The summed E-state index contributed by atoms with van der Waals surface area (Å²) in [5.41, 5.74) is 0.171. The second-order valence-electron chi connectivity index (χ2n) is 4.31. The first kappa shape index (κ1) is 14.6. The molecule has 0 atom stereocenters. The zero-order valence-electron chi connectivity index (χ0n) is 10.3. The molecule has 0 aliphatic rings. The maximum atomic E-state index is 12.8. The Morgan fingerprint density at radius 2 is 2.15 bits per heavy atom. The van der Waals surface area contributed by atoms with Crippen LogP contribution in [0.1, 0.15) is 23.4 Å². The van der Waals surface area contributed by atoms with E-state index in [0.717, 1.165) is 12.3 Å². The van der Waals surface area contributed by atoms with Crippen LogP contribution in [0.15, 0.2) is 12.3 Å². The lowest BCUT2D eigenvalue weighted by Crippen LogP contribution is -2.08. The molecule has 2 heterocycles. The fourth-order valence-electron chi connectivity index (χ4n) is 1.95. The Labute approximate surface area is 116 Å². The number of fused-ring (bicyclic) bond motifs is 1. The highest BCUT2D eigenvalue weighted by molar-refractivity contribution is 6.33. The average Bonchev–Trinajstić information content (AvgIpc) is 2.62. The van der Waals surface area contributed by atoms with E-state index in [9.17, 15) is 18.0 Å². The van der Waals surface area contributed by atoms with E-state index in [-0.39, 0.29) is 23.5 Å². The van der Waals surface area contributed by atoms with E-state index in [1.165, 1.54) is 4.40 Å². The van der Waals surface area contributed by atoms with Gasteiger partial charge in [0.25, 0.3) is 0 Å². The van der Waals surface area contributed by atoms with Crippen LogP contribution in [0.3, 0.4) is 0 Å². The fourth-order valence-corrected chi connectivity index (χ4v) is 2.20. The highest BCUT2D eigenvalue weighted by Crippen LogP contribution is 2.33. The van der Waals surface area contributed by atoms with Gasteiger partial charge in [-0.05, 0) is 13.0 Å². The summed E-state index contributed by atoms with van der Waals surface area (Å²) in [6, 6.07) is 0.810. The molecule has 2 aromatic heterocycles. The third-order valence-electron chi connectivity index (χ3n) is 2.88. The number of carboxylic acid groups (broad SMARTS) is 1. The van der Waals surface area contributed by atoms with Gasteiger partial charge in [-0.15, -0.1) is 0 Å². The van der Waals surface area contributed by atoms with Gasteiger partial charge in [-0.1, -0.05) is 11.6 Å². The minimum absolute atomic E-state index is 0.0833. The number of pyridine rings is 1. The van der Waals surface area contributed by atoms with Gasteiger partial charge in [0.2, 0.25) is 0 Å². The second-order valence-corrected chi connectivity index (χ2v) is 4.71. The predicted molar refractivity (Wildman–Crippen MR) is 65.9 cm³/mol. The molecule has 0 fully saturated rings. The van der Waals surface area contributed by atoms with E-state index in [1.54, 1.807) is 6.92 Å². The highest BCUT2D eigenvalue weighted by atomic mass is 35.5. The van der Waals surface area contributed by atoms with Gasteiger partial charge < -0.3 is 9.51 Å². The lowest BCUT2D eigenvalue weighted by atomic mass is 10.2. The van der Waals surface area contributed by atoms with Crippen LogP contribution < -0.4 is 0 Å². The third kappa shape index (κ3) is 2.72. The van der Waals surface area contributed by atoms with Crippen LogP contribution in [0.4, 0.5) is 13.2 Å². The molecule has 4 nitrogen and oxygen atoms in total. The number of rotatable bonds is 3. The van der Waals surface area contributed by atoms with Gasteiger partial charge in [0, 0.05) is 18.3 Å². The van der Waals surface area contributed by atoms with Crippen LogP contribution in [0, 0.1) is 6.92 Å². The van der Waals surface area contributed by atoms with E-state index < -0.39 is 17.7 Å². The van der Waals surface area contributed by atoms with Crippen molar-refractivity contribution >= 4 is 23.2 Å². The number of alkyl halides is 3. The van der Waals surface area contributed by atoms with Gasteiger partial charge in [0.1, 0.15) is 0 Å². The molecule has 0 amide bonds. The number of hydrogen-bond acceptors (Lipinski definition) is 2. The van der Waals surface area contributed by atoms with Crippen molar-refractivity contribution in [2.24, 2.45) is 0 Å². The fraction of sp³-hybridized carbons (Fsp3) is 0.333. The van der Waals surface area contributed by atoms with E-state index in [1.807, 2.05) is 0 Å². The summed E-state index contributed by atoms with van der Waals surface area (Å²) in [5.74, 6) is -1.03. The summed E-state index contributed by atoms with van der Waals surface area (Å²) in [6.45, 7) is 1.60. The Morgan fingerprint density at radius 1 is 1.50 bits per heavy atom. The molecule has 0 unspecified atom stereocenters. The number of carboxylic acids is 1. The SMILES string of the molecule is Cc1nc2c(Cl)cc(C(F)(F)F)cn2c1CCC(=O)O. The largest absolute Gasteiger partial charge is 0.481 e. The highest BCUT2D eigenvalue weighted by Gasteiger charge is 2.32. The Bertz CT molecular complexity index is 679. The quantitative estimate of drug-likeness (QED) is 0.946. The number of aromatic nitrogens is 2. The first-order valence-electron chi connectivity index (χ1n) is 5.66. The Hall–Kier alpha value is -1.76. The molecule has 20 heavy (non-hydrogen) atoms. The van der Waals surface area contributed by atoms with Crippen molar-refractivity contribution in [1.29, 1.82) is 0 Å². The van der Waals surface area contributed by atoms with Gasteiger partial charge in [-0.25, -0.2) is 4.98 Å². The molecule has 0 aliphatic heterocycles. The average molecular weight is 307 g/mol. The predicted octanol–water partition coefficient (Wildman–Crippen LogP) is 3.33. The molecule has 0 radical (unpaired) electrons.